The molecule has 6 rings (SSSR count). The molecule has 2 N–H and O–H groups in total. The van der Waals surface area contributed by atoms with Gasteiger partial charge in [0, 0.05) is 48.6 Å². The third-order valence-electron chi connectivity index (χ3n) is 8.96. The Bertz CT molecular complexity index is 1590. The van der Waals surface area contributed by atoms with Gasteiger partial charge < -0.3 is 15.5 Å². The number of hydrogen-bond donors (Lipinski definition) is 2. The maximum atomic E-state index is 13.5. The largest absolute Gasteiger partial charge is 0.406 e. The van der Waals surface area contributed by atoms with Crippen LogP contribution in [0.3, 0.4) is 0 Å². The Morgan fingerprint density at radius 3 is 2.69 bits per heavy atom. The predicted octanol–water partition coefficient (Wildman–Crippen LogP) is 4.09. The summed E-state index contributed by atoms with van der Waals surface area (Å²) in [5.41, 5.74) is 3.56. The van der Waals surface area contributed by atoms with Crippen LogP contribution < -0.4 is 10.6 Å². The molecule has 11 heteroatoms. The Hall–Kier alpha value is -4.28. The van der Waals surface area contributed by atoms with Gasteiger partial charge in [-0.3, -0.25) is 19.4 Å². The maximum absolute atomic E-state index is 13.5. The Morgan fingerprint density at radius 1 is 1.14 bits per heavy atom. The fourth-order valence-corrected chi connectivity index (χ4v) is 6.79. The monoisotopic (exact) mass is 577 g/mol. The van der Waals surface area contributed by atoms with Crippen molar-refractivity contribution in [2.24, 2.45) is 5.92 Å². The predicted molar refractivity (Wildman–Crippen MR) is 148 cm³/mol. The van der Waals surface area contributed by atoms with Gasteiger partial charge in [-0.05, 0) is 55.5 Å². The number of rotatable bonds is 5. The van der Waals surface area contributed by atoms with E-state index < -0.39 is 41.9 Å². The van der Waals surface area contributed by atoms with E-state index in [1.807, 2.05) is 37.3 Å². The van der Waals surface area contributed by atoms with Gasteiger partial charge >= 0.3 is 6.18 Å². The number of amides is 3. The van der Waals surface area contributed by atoms with Gasteiger partial charge in [-0.15, -0.1) is 0 Å². The van der Waals surface area contributed by atoms with E-state index in [4.69, 9.17) is 0 Å². The summed E-state index contributed by atoms with van der Waals surface area (Å²) in [6, 6.07) is 12.2. The number of piperidine rings is 1. The molecule has 1 fully saturated rings. The first-order chi connectivity index (χ1) is 20.0. The van der Waals surface area contributed by atoms with Crippen LogP contribution in [0.5, 0.6) is 0 Å². The van der Waals surface area contributed by atoms with Crippen LogP contribution in [0, 0.1) is 12.8 Å². The minimum absolute atomic E-state index is 0.108. The van der Waals surface area contributed by atoms with Crippen molar-refractivity contribution < 1.29 is 27.6 Å². The van der Waals surface area contributed by atoms with E-state index >= 15 is 0 Å². The lowest BCUT2D eigenvalue weighted by molar-refractivity contribution is -0.172. The number of alkyl halides is 3. The van der Waals surface area contributed by atoms with Gasteiger partial charge in [-0.2, -0.15) is 13.2 Å². The first-order valence-corrected chi connectivity index (χ1v) is 13.9. The van der Waals surface area contributed by atoms with E-state index in [0.717, 1.165) is 32.8 Å². The fraction of sp³-hybridized carbons (Fsp3) is 0.387. The number of carbonyl (C=O) groups excluding carboxylic acids is 3. The molecule has 0 radical (unpaired) electrons. The van der Waals surface area contributed by atoms with Crippen LogP contribution in [0.25, 0.3) is 0 Å². The first-order valence-electron chi connectivity index (χ1n) is 13.9. The third kappa shape index (κ3) is 4.80. The Morgan fingerprint density at radius 2 is 1.93 bits per heavy atom. The quantitative estimate of drug-likeness (QED) is 0.476. The molecule has 2 aliphatic heterocycles. The molecule has 1 spiro atoms. The van der Waals surface area contributed by atoms with Gasteiger partial charge in [0.25, 0.3) is 5.91 Å². The van der Waals surface area contributed by atoms with Gasteiger partial charge in [0.05, 0.1) is 16.9 Å². The Kier molecular flexibility index (Phi) is 6.78. The molecule has 1 aromatic carbocycles. The number of carbonyl (C=O) groups is 3. The number of fused-ring (bicyclic) bond motifs is 3. The van der Waals surface area contributed by atoms with Crippen LogP contribution in [0.2, 0.25) is 0 Å². The smallest absolute Gasteiger partial charge is 0.351 e. The van der Waals surface area contributed by atoms with E-state index in [1.165, 1.54) is 6.20 Å². The fourth-order valence-electron chi connectivity index (χ4n) is 6.79. The summed E-state index contributed by atoms with van der Waals surface area (Å²) < 4.78 is 40.5. The molecule has 4 heterocycles. The second kappa shape index (κ2) is 10.2. The molecule has 218 valence electrons. The van der Waals surface area contributed by atoms with Crippen LogP contribution in [0.4, 0.5) is 19.0 Å². The number of halogens is 3. The summed E-state index contributed by atoms with van der Waals surface area (Å²) in [6.07, 6.45) is -0.437. The highest BCUT2D eigenvalue weighted by molar-refractivity contribution is 6.06. The molecule has 3 amide bonds. The number of nitrogens with one attached hydrogen (secondary N) is 2. The van der Waals surface area contributed by atoms with Gasteiger partial charge in [0.1, 0.15) is 12.4 Å². The van der Waals surface area contributed by atoms with Crippen molar-refractivity contribution in [1.82, 2.24) is 20.2 Å². The molecule has 0 saturated carbocycles. The van der Waals surface area contributed by atoms with E-state index in [1.54, 1.807) is 25.3 Å². The second-order valence-electron chi connectivity index (χ2n) is 11.5. The highest BCUT2D eigenvalue weighted by Crippen LogP contribution is 2.46. The summed E-state index contributed by atoms with van der Waals surface area (Å²) in [7, 11) is 0. The normalized spacial score (nSPS) is 24.9. The molecule has 8 nitrogen and oxygen atoms in total. The molecule has 0 bridgehead atoms. The number of benzene rings is 1. The number of nitrogens with zero attached hydrogens (tertiary/aromatic N) is 3. The first kappa shape index (κ1) is 27.9. The van der Waals surface area contributed by atoms with Crippen molar-refractivity contribution in [3.05, 3.63) is 88.4 Å². The highest BCUT2D eigenvalue weighted by atomic mass is 19.4. The van der Waals surface area contributed by atoms with Crippen molar-refractivity contribution in [2.75, 3.05) is 18.4 Å². The lowest BCUT2D eigenvalue weighted by Crippen LogP contribution is -2.55. The van der Waals surface area contributed by atoms with E-state index in [2.05, 4.69) is 20.6 Å². The van der Waals surface area contributed by atoms with Crippen molar-refractivity contribution in [3.63, 3.8) is 0 Å². The molecule has 3 aliphatic rings. The van der Waals surface area contributed by atoms with Crippen molar-refractivity contribution >= 4 is 23.5 Å². The van der Waals surface area contributed by atoms with Gasteiger partial charge in [0.2, 0.25) is 11.8 Å². The number of pyridine rings is 2. The molecular formula is C31H30F3N5O3. The molecule has 0 unspecified atom stereocenters. The number of hydrogen-bond acceptors (Lipinski definition) is 5. The SMILES string of the molecule is Cc1ccccc1[C@@H]1C[C@H](CNC(=O)c2cnc3c(c2)C[C@@]2(C3)C(=O)Nc3ncccc32)C(=O)N(CC(F)(F)F)[C@@H]1C. The van der Waals surface area contributed by atoms with Crippen LogP contribution in [0.1, 0.15) is 57.6 Å². The van der Waals surface area contributed by atoms with E-state index in [-0.39, 0.29) is 23.9 Å². The molecule has 1 saturated heterocycles. The number of aryl methyl sites for hydroxylation is 1. The second-order valence-corrected chi connectivity index (χ2v) is 11.5. The lowest BCUT2D eigenvalue weighted by Gasteiger charge is -2.43. The van der Waals surface area contributed by atoms with Gasteiger partial charge in [-0.25, -0.2) is 4.98 Å². The van der Waals surface area contributed by atoms with Crippen molar-refractivity contribution in [3.8, 4) is 0 Å². The van der Waals surface area contributed by atoms with E-state index in [0.29, 0.717) is 25.1 Å². The van der Waals surface area contributed by atoms with Crippen LogP contribution >= 0.6 is 0 Å². The summed E-state index contributed by atoms with van der Waals surface area (Å²) in [5.74, 6) is -1.88. The lowest BCUT2D eigenvalue weighted by atomic mass is 9.77. The number of likely N-dealkylation sites (tertiary alicyclic amines) is 1. The molecule has 2 aromatic heterocycles. The van der Waals surface area contributed by atoms with Crippen LogP contribution in [0.15, 0.2) is 54.9 Å². The van der Waals surface area contributed by atoms with Gasteiger partial charge in [0.15, 0.2) is 0 Å². The minimum atomic E-state index is -4.55. The molecule has 1 aliphatic carbocycles. The average molecular weight is 578 g/mol. The number of aromatic nitrogens is 2. The topological polar surface area (TPSA) is 104 Å². The van der Waals surface area contributed by atoms with Crippen molar-refractivity contribution in [1.29, 1.82) is 0 Å². The van der Waals surface area contributed by atoms with Crippen LogP contribution in [-0.4, -0.2) is 57.9 Å². The molecule has 42 heavy (non-hydrogen) atoms. The Balaban J connectivity index is 1.19. The summed E-state index contributed by atoms with van der Waals surface area (Å²) in [4.78, 5) is 49.1. The Labute approximate surface area is 240 Å². The third-order valence-corrected chi connectivity index (χ3v) is 8.96. The summed E-state index contributed by atoms with van der Waals surface area (Å²) in [6.45, 7) is 2.10. The zero-order chi connectivity index (χ0) is 29.8. The average Bonchev–Trinajstić information content (AvgIpc) is 3.47. The maximum Gasteiger partial charge on any atom is 0.406 e. The van der Waals surface area contributed by atoms with Crippen LogP contribution in [-0.2, 0) is 27.8 Å². The minimum Gasteiger partial charge on any atom is -0.351 e. The molecule has 4 atom stereocenters. The highest BCUT2D eigenvalue weighted by Gasteiger charge is 2.52. The summed E-state index contributed by atoms with van der Waals surface area (Å²) >= 11 is 0. The van der Waals surface area contributed by atoms with Crippen molar-refractivity contribution in [2.45, 2.75) is 56.7 Å². The summed E-state index contributed by atoms with van der Waals surface area (Å²) in [5, 5.41) is 5.60. The van der Waals surface area contributed by atoms with Gasteiger partial charge in [-0.1, -0.05) is 30.3 Å². The molecular weight excluding hydrogens is 547 g/mol. The molecule has 3 aromatic rings. The zero-order valence-electron chi connectivity index (χ0n) is 23.2. The van der Waals surface area contributed by atoms with E-state index in [9.17, 15) is 27.6 Å². The number of anilines is 1. The zero-order valence-corrected chi connectivity index (χ0v) is 23.2. The standard InChI is InChI=1S/C31H30F3N5O3/c1-17-6-3-4-7-22(17)23-11-21(28(41)39(18(23)2)16-31(32,33)34)15-37-27(40)20-10-19-12-30(13-25(19)36-14-20)24-8-5-9-35-26(24)38-29(30)42/h3-10,14,18,21,23H,11-13,15-16H2,1-2H3,(H,37,40)(H,35,38,42)/t18-,21-,23-,30+/m1/s1.